The second-order valence-electron chi connectivity index (χ2n) is 5.86. The van der Waals surface area contributed by atoms with E-state index in [4.69, 9.17) is 5.10 Å². The van der Waals surface area contributed by atoms with E-state index in [0.29, 0.717) is 10.9 Å². The number of aromatic nitrogens is 2. The van der Waals surface area contributed by atoms with Crippen molar-refractivity contribution in [1.82, 2.24) is 9.78 Å². The zero-order chi connectivity index (χ0) is 13.5. The molecule has 0 spiro atoms. The number of hydrogen-bond donors (Lipinski definition) is 0. The monoisotopic (exact) mass is 326 g/mol. The first-order valence-corrected chi connectivity index (χ1v) is 8.89. The Morgan fingerprint density at radius 3 is 2.84 bits per heavy atom. The number of alkyl halides is 1. The van der Waals surface area contributed by atoms with Crippen LogP contribution in [0.25, 0.3) is 0 Å². The largest absolute Gasteiger partial charge is 0.269 e. The SMILES string of the molecule is CCCC(Br)CCCc1ccn(C2CCCCC2)n1. The van der Waals surface area contributed by atoms with Crippen LogP contribution in [0, 0.1) is 0 Å². The summed E-state index contributed by atoms with van der Waals surface area (Å²) in [4.78, 5) is 0.693. The van der Waals surface area contributed by atoms with Gasteiger partial charge in [0.05, 0.1) is 11.7 Å². The molecule has 1 saturated carbocycles. The highest BCUT2D eigenvalue weighted by molar-refractivity contribution is 9.09. The number of aryl methyl sites for hydroxylation is 1. The second-order valence-corrected chi connectivity index (χ2v) is 7.15. The van der Waals surface area contributed by atoms with Gasteiger partial charge in [0.2, 0.25) is 0 Å². The van der Waals surface area contributed by atoms with E-state index in [1.165, 1.54) is 63.5 Å². The summed E-state index contributed by atoms with van der Waals surface area (Å²) in [6.07, 6.45) is 15.2. The van der Waals surface area contributed by atoms with Gasteiger partial charge in [0.15, 0.2) is 0 Å². The van der Waals surface area contributed by atoms with Gasteiger partial charge < -0.3 is 0 Å². The minimum atomic E-state index is 0.673. The summed E-state index contributed by atoms with van der Waals surface area (Å²) in [5.74, 6) is 0. The maximum Gasteiger partial charge on any atom is 0.0624 e. The molecule has 1 aromatic heterocycles. The van der Waals surface area contributed by atoms with E-state index in [2.05, 4.69) is 39.8 Å². The van der Waals surface area contributed by atoms with Crippen molar-refractivity contribution in [1.29, 1.82) is 0 Å². The van der Waals surface area contributed by atoms with Crippen molar-refractivity contribution in [2.75, 3.05) is 0 Å². The van der Waals surface area contributed by atoms with Gasteiger partial charge in [-0.1, -0.05) is 48.5 Å². The van der Waals surface area contributed by atoms with Crippen LogP contribution in [-0.4, -0.2) is 14.6 Å². The Hall–Kier alpha value is -0.310. The summed E-state index contributed by atoms with van der Waals surface area (Å²) in [5, 5.41) is 4.78. The summed E-state index contributed by atoms with van der Waals surface area (Å²) in [5.41, 5.74) is 1.28. The molecule has 0 saturated heterocycles. The van der Waals surface area contributed by atoms with E-state index in [1.54, 1.807) is 0 Å². The zero-order valence-corrected chi connectivity index (χ0v) is 13.7. The van der Waals surface area contributed by atoms with Crippen LogP contribution in [0.5, 0.6) is 0 Å². The molecule has 1 aliphatic carbocycles. The van der Waals surface area contributed by atoms with E-state index in [-0.39, 0.29) is 0 Å². The molecule has 1 unspecified atom stereocenters. The second kappa shape index (κ2) is 8.08. The Labute approximate surface area is 126 Å². The lowest BCUT2D eigenvalue weighted by Gasteiger charge is -2.21. The van der Waals surface area contributed by atoms with E-state index in [0.717, 1.165) is 6.42 Å². The maximum absolute atomic E-state index is 4.78. The highest BCUT2D eigenvalue weighted by Crippen LogP contribution is 2.27. The van der Waals surface area contributed by atoms with E-state index in [9.17, 15) is 0 Å². The summed E-state index contributed by atoms with van der Waals surface area (Å²) in [6, 6.07) is 2.89. The minimum Gasteiger partial charge on any atom is -0.269 e. The average Bonchev–Trinajstić information content (AvgIpc) is 2.89. The topological polar surface area (TPSA) is 17.8 Å². The molecule has 19 heavy (non-hydrogen) atoms. The van der Waals surface area contributed by atoms with Gasteiger partial charge in [-0.25, -0.2) is 0 Å². The highest BCUT2D eigenvalue weighted by atomic mass is 79.9. The maximum atomic E-state index is 4.78. The summed E-state index contributed by atoms with van der Waals surface area (Å²) in [6.45, 7) is 2.25. The average molecular weight is 327 g/mol. The Morgan fingerprint density at radius 1 is 1.32 bits per heavy atom. The summed E-state index contributed by atoms with van der Waals surface area (Å²) in [7, 11) is 0. The van der Waals surface area contributed by atoms with Crippen molar-refractivity contribution < 1.29 is 0 Å². The van der Waals surface area contributed by atoms with Crippen LogP contribution in [0.15, 0.2) is 12.3 Å². The van der Waals surface area contributed by atoms with Crippen LogP contribution < -0.4 is 0 Å². The van der Waals surface area contributed by atoms with Gasteiger partial charge in [0.25, 0.3) is 0 Å². The van der Waals surface area contributed by atoms with Gasteiger partial charge in [-0.3, -0.25) is 4.68 Å². The molecule has 0 aliphatic heterocycles. The number of nitrogens with zero attached hydrogens (tertiary/aromatic N) is 2. The third kappa shape index (κ3) is 4.94. The molecular formula is C16H27BrN2. The van der Waals surface area contributed by atoms with Crippen molar-refractivity contribution in [3.63, 3.8) is 0 Å². The third-order valence-electron chi connectivity index (χ3n) is 4.16. The van der Waals surface area contributed by atoms with Crippen molar-refractivity contribution in [3.8, 4) is 0 Å². The predicted octanol–water partition coefficient (Wildman–Crippen LogP) is 5.27. The molecule has 3 heteroatoms. The van der Waals surface area contributed by atoms with Gasteiger partial charge >= 0.3 is 0 Å². The number of hydrogen-bond acceptors (Lipinski definition) is 1. The van der Waals surface area contributed by atoms with E-state index < -0.39 is 0 Å². The van der Waals surface area contributed by atoms with Crippen molar-refractivity contribution in [3.05, 3.63) is 18.0 Å². The third-order valence-corrected chi connectivity index (χ3v) is 5.08. The quantitative estimate of drug-likeness (QED) is 0.623. The zero-order valence-electron chi connectivity index (χ0n) is 12.2. The fraction of sp³-hybridized carbons (Fsp3) is 0.812. The standard InChI is InChI=1S/C16H27BrN2/c1-2-7-14(17)8-6-9-15-12-13-19(18-15)16-10-4-3-5-11-16/h12-14,16H,2-11H2,1H3. The van der Waals surface area contributed by atoms with Crippen molar-refractivity contribution in [2.45, 2.75) is 82.0 Å². The molecule has 2 nitrogen and oxygen atoms in total. The Balaban J connectivity index is 1.74. The molecule has 1 heterocycles. The minimum absolute atomic E-state index is 0.673. The molecular weight excluding hydrogens is 300 g/mol. The lowest BCUT2D eigenvalue weighted by Crippen LogP contribution is -2.13. The smallest absolute Gasteiger partial charge is 0.0624 e. The fourth-order valence-electron chi connectivity index (χ4n) is 3.02. The molecule has 0 radical (unpaired) electrons. The molecule has 1 fully saturated rings. The van der Waals surface area contributed by atoms with Crippen LogP contribution in [0.2, 0.25) is 0 Å². The van der Waals surface area contributed by atoms with Crippen LogP contribution in [-0.2, 0) is 6.42 Å². The van der Waals surface area contributed by atoms with Gasteiger partial charge in [0, 0.05) is 11.0 Å². The van der Waals surface area contributed by atoms with Gasteiger partial charge in [-0.2, -0.15) is 5.10 Å². The van der Waals surface area contributed by atoms with Gasteiger partial charge in [-0.15, -0.1) is 0 Å². The van der Waals surface area contributed by atoms with Crippen LogP contribution >= 0.6 is 15.9 Å². The molecule has 1 aliphatic rings. The van der Waals surface area contributed by atoms with E-state index >= 15 is 0 Å². The lowest BCUT2D eigenvalue weighted by atomic mass is 9.96. The Bertz CT molecular complexity index is 355. The first-order chi connectivity index (χ1) is 9.29. The van der Waals surface area contributed by atoms with Crippen LogP contribution in [0.1, 0.15) is 76.4 Å². The molecule has 0 aromatic carbocycles. The molecule has 2 rings (SSSR count). The summed E-state index contributed by atoms with van der Waals surface area (Å²) >= 11 is 3.75. The Morgan fingerprint density at radius 2 is 2.11 bits per heavy atom. The number of rotatable bonds is 7. The van der Waals surface area contributed by atoms with Crippen molar-refractivity contribution >= 4 is 15.9 Å². The normalized spacial score (nSPS) is 18.6. The van der Waals surface area contributed by atoms with Gasteiger partial charge in [0.1, 0.15) is 0 Å². The molecule has 108 valence electrons. The first kappa shape index (κ1) is 15.1. The molecule has 1 aromatic rings. The molecule has 1 atom stereocenters. The molecule has 0 N–H and O–H groups in total. The fourth-order valence-corrected chi connectivity index (χ4v) is 3.80. The van der Waals surface area contributed by atoms with Crippen molar-refractivity contribution in [2.24, 2.45) is 0 Å². The predicted molar refractivity (Wildman–Crippen MR) is 84.9 cm³/mol. The number of halogens is 1. The first-order valence-electron chi connectivity index (χ1n) is 7.97. The van der Waals surface area contributed by atoms with Crippen LogP contribution in [0.4, 0.5) is 0 Å². The molecule has 0 amide bonds. The van der Waals surface area contributed by atoms with E-state index in [1.807, 2.05) is 0 Å². The molecule has 0 bridgehead atoms. The highest BCUT2D eigenvalue weighted by Gasteiger charge is 2.15. The lowest BCUT2D eigenvalue weighted by molar-refractivity contribution is 0.328. The van der Waals surface area contributed by atoms with Gasteiger partial charge in [-0.05, 0) is 44.6 Å². The summed E-state index contributed by atoms with van der Waals surface area (Å²) < 4.78 is 2.23. The van der Waals surface area contributed by atoms with Crippen LogP contribution in [0.3, 0.4) is 0 Å². The Kier molecular flexibility index (Phi) is 6.42.